The predicted octanol–water partition coefficient (Wildman–Crippen LogP) is 4.82. The van der Waals surface area contributed by atoms with Crippen molar-refractivity contribution < 1.29 is 26.3 Å². The smallest absolute Gasteiger partial charge is 0.406 e. The number of alkyl halides is 3. The number of hydrogen-bond donors (Lipinski definition) is 2. The van der Waals surface area contributed by atoms with Gasteiger partial charge in [0.25, 0.3) is 0 Å². The summed E-state index contributed by atoms with van der Waals surface area (Å²) in [7, 11) is -3.35. The fourth-order valence-electron chi connectivity index (χ4n) is 2.28. The molecule has 0 radical (unpaired) electrons. The molecule has 28 heavy (non-hydrogen) atoms. The van der Waals surface area contributed by atoms with Gasteiger partial charge in [-0.15, -0.1) is 24.5 Å². The van der Waals surface area contributed by atoms with Gasteiger partial charge in [0.15, 0.2) is 5.13 Å². The third-order valence-corrected chi connectivity index (χ3v) is 4.67. The Morgan fingerprint density at radius 3 is 2.43 bits per heavy atom. The number of hydrogen-bond acceptors (Lipinski definition) is 6. The minimum atomic E-state index is -4.76. The van der Waals surface area contributed by atoms with E-state index in [0.717, 1.165) is 11.8 Å². The molecule has 0 unspecified atom stereocenters. The minimum absolute atomic E-state index is 0.330. The fraction of sp³-hybridized carbons (Fsp3) is 0.118. The first kappa shape index (κ1) is 20.0. The van der Waals surface area contributed by atoms with Crippen LogP contribution >= 0.6 is 11.3 Å². The molecular formula is C17H14F3N3O3S2. The first-order valence-electron chi connectivity index (χ1n) is 7.74. The van der Waals surface area contributed by atoms with E-state index in [0.29, 0.717) is 22.2 Å². The Labute approximate surface area is 163 Å². The van der Waals surface area contributed by atoms with Gasteiger partial charge in [-0.3, -0.25) is 4.72 Å². The maximum Gasteiger partial charge on any atom is 0.573 e. The molecule has 0 aliphatic rings. The fourth-order valence-corrected chi connectivity index (χ4v) is 3.59. The van der Waals surface area contributed by atoms with Gasteiger partial charge in [-0.2, -0.15) is 0 Å². The Hall–Kier alpha value is -2.79. The van der Waals surface area contributed by atoms with E-state index in [-0.39, 0.29) is 5.75 Å². The van der Waals surface area contributed by atoms with Crippen molar-refractivity contribution in [3.8, 4) is 17.0 Å². The van der Waals surface area contributed by atoms with Gasteiger partial charge in [-0.1, -0.05) is 18.2 Å². The molecule has 148 valence electrons. The van der Waals surface area contributed by atoms with Crippen LogP contribution in [0.4, 0.5) is 29.7 Å². The number of nitrogens with one attached hydrogen (secondary N) is 2. The second kappa shape index (κ2) is 7.68. The molecule has 0 saturated heterocycles. The molecule has 1 aromatic heterocycles. The molecule has 6 nitrogen and oxygen atoms in total. The second-order valence-corrected chi connectivity index (χ2v) is 8.30. The molecule has 11 heteroatoms. The molecular weight excluding hydrogens is 415 g/mol. The summed E-state index contributed by atoms with van der Waals surface area (Å²) in [5, 5.41) is 5.19. The highest BCUT2D eigenvalue weighted by molar-refractivity contribution is 7.92. The highest BCUT2D eigenvalue weighted by Gasteiger charge is 2.31. The minimum Gasteiger partial charge on any atom is -0.406 e. The van der Waals surface area contributed by atoms with Crippen LogP contribution < -0.4 is 14.8 Å². The molecule has 3 aromatic rings. The first-order valence-corrected chi connectivity index (χ1v) is 10.5. The van der Waals surface area contributed by atoms with Gasteiger partial charge in [0.1, 0.15) is 5.75 Å². The van der Waals surface area contributed by atoms with Gasteiger partial charge in [-0.25, -0.2) is 13.4 Å². The maximum absolute atomic E-state index is 12.3. The van der Waals surface area contributed by atoms with Crippen LogP contribution in [0.25, 0.3) is 11.3 Å². The maximum atomic E-state index is 12.3. The molecule has 2 N–H and O–H groups in total. The van der Waals surface area contributed by atoms with E-state index in [2.05, 4.69) is 19.8 Å². The number of nitrogens with zero attached hydrogens (tertiary/aromatic N) is 1. The summed E-state index contributed by atoms with van der Waals surface area (Å²) in [6.45, 7) is 0. The van der Waals surface area contributed by atoms with Crippen LogP contribution in [0.1, 0.15) is 0 Å². The number of anilines is 3. The van der Waals surface area contributed by atoms with Crippen molar-refractivity contribution in [1.29, 1.82) is 0 Å². The molecule has 0 spiro atoms. The van der Waals surface area contributed by atoms with Crippen LogP contribution in [0.3, 0.4) is 0 Å². The predicted molar refractivity (Wildman–Crippen MR) is 102 cm³/mol. The Morgan fingerprint density at radius 2 is 1.79 bits per heavy atom. The van der Waals surface area contributed by atoms with Crippen molar-refractivity contribution >= 4 is 37.9 Å². The lowest BCUT2D eigenvalue weighted by molar-refractivity contribution is -0.274. The van der Waals surface area contributed by atoms with Crippen molar-refractivity contribution in [1.82, 2.24) is 4.98 Å². The van der Waals surface area contributed by atoms with E-state index < -0.39 is 16.4 Å². The van der Waals surface area contributed by atoms with E-state index in [1.54, 1.807) is 35.7 Å². The van der Waals surface area contributed by atoms with Gasteiger partial charge < -0.3 is 10.1 Å². The van der Waals surface area contributed by atoms with E-state index in [9.17, 15) is 21.6 Å². The molecule has 0 amide bonds. The topological polar surface area (TPSA) is 80.3 Å². The highest BCUT2D eigenvalue weighted by Crippen LogP contribution is 2.30. The Bertz CT molecular complexity index is 1060. The number of thiazole rings is 1. The van der Waals surface area contributed by atoms with Crippen molar-refractivity contribution in [2.24, 2.45) is 0 Å². The average Bonchev–Trinajstić information content (AvgIpc) is 3.01. The molecule has 0 aliphatic heterocycles. The zero-order valence-electron chi connectivity index (χ0n) is 14.3. The largest absolute Gasteiger partial charge is 0.573 e. The van der Waals surface area contributed by atoms with Crippen molar-refractivity contribution in [3.05, 3.63) is 53.9 Å². The van der Waals surface area contributed by atoms with Crippen LogP contribution in [-0.2, 0) is 10.0 Å². The third-order valence-electron chi connectivity index (χ3n) is 3.31. The van der Waals surface area contributed by atoms with Crippen LogP contribution in [0.2, 0.25) is 0 Å². The average molecular weight is 429 g/mol. The number of sulfonamides is 1. The zero-order chi connectivity index (χ0) is 20.4. The first-order chi connectivity index (χ1) is 13.1. The Kier molecular flexibility index (Phi) is 5.47. The molecule has 0 atom stereocenters. The van der Waals surface area contributed by atoms with E-state index >= 15 is 0 Å². The quantitative estimate of drug-likeness (QED) is 0.587. The van der Waals surface area contributed by atoms with Crippen LogP contribution in [0.15, 0.2) is 53.9 Å². The number of aromatic nitrogens is 1. The van der Waals surface area contributed by atoms with Crippen molar-refractivity contribution in [2.75, 3.05) is 16.3 Å². The molecule has 0 bridgehead atoms. The summed E-state index contributed by atoms with van der Waals surface area (Å²) < 4.78 is 65.7. The summed E-state index contributed by atoms with van der Waals surface area (Å²) in [6.07, 6.45) is -3.70. The summed E-state index contributed by atoms with van der Waals surface area (Å²) in [5.74, 6) is -0.330. The zero-order valence-corrected chi connectivity index (χ0v) is 16.0. The molecule has 0 saturated carbocycles. The van der Waals surface area contributed by atoms with Crippen LogP contribution in [0, 0.1) is 0 Å². The van der Waals surface area contributed by atoms with Gasteiger partial charge in [0.2, 0.25) is 10.0 Å². The monoisotopic (exact) mass is 429 g/mol. The standard InChI is InChI=1S/C17H14F3N3O3S2/c1-28(24,25)23-12-7-5-11(6-8-12)15-10-27-16(22-15)21-13-3-2-4-14(9-13)26-17(18,19)20/h2-10,23H,1H3,(H,21,22). The van der Waals surface area contributed by atoms with Crippen LogP contribution in [-0.4, -0.2) is 26.0 Å². The SMILES string of the molecule is CS(=O)(=O)Nc1ccc(-c2csc(Nc3cccc(OC(F)(F)F)c3)n2)cc1. The van der Waals surface area contributed by atoms with Gasteiger partial charge in [0, 0.05) is 28.4 Å². The molecule has 0 fully saturated rings. The number of rotatable bonds is 6. The molecule has 2 aromatic carbocycles. The van der Waals surface area contributed by atoms with Gasteiger partial charge >= 0.3 is 6.36 Å². The highest BCUT2D eigenvalue weighted by atomic mass is 32.2. The summed E-state index contributed by atoms with van der Waals surface area (Å²) >= 11 is 1.28. The summed E-state index contributed by atoms with van der Waals surface area (Å²) in [6, 6.07) is 12.1. The number of halogens is 3. The molecule has 0 aliphatic carbocycles. The second-order valence-electron chi connectivity index (χ2n) is 5.69. The lowest BCUT2D eigenvalue weighted by Crippen LogP contribution is -2.17. The van der Waals surface area contributed by atoms with Crippen LogP contribution in [0.5, 0.6) is 5.75 Å². The summed E-state index contributed by atoms with van der Waals surface area (Å²) in [4.78, 5) is 4.39. The summed E-state index contributed by atoms with van der Waals surface area (Å²) in [5.41, 5.74) is 2.23. The normalized spacial score (nSPS) is 11.9. The van der Waals surface area contributed by atoms with E-state index in [4.69, 9.17) is 0 Å². The lowest BCUT2D eigenvalue weighted by Gasteiger charge is -2.10. The third kappa shape index (κ3) is 5.86. The van der Waals surface area contributed by atoms with E-state index in [1.165, 1.54) is 29.5 Å². The Balaban J connectivity index is 1.72. The van der Waals surface area contributed by atoms with Crippen molar-refractivity contribution in [2.45, 2.75) is 6.36 Å². The molecule has 3 rings (SSSR count). The van der Waals surface area contributed by atoms with E-state index in [1.807, 2.05) is 0 Å². The van der Waals surface area contributed by atoms with Gasteiger partial charge in [0.05, 0.1) is 11.9 Å². The Morgan fingerprint density at radius 1 is 1.07 bits per heavy atom. The number of benzene rings is 2. The molecule has 1 heterocycles. The number of ether oxygens (including phenoxy) is 1. The van der Waals surface area contributed by atoms with Gasteiger partial charge in [-0.05, 0) is 24.3 Å². The van der Waals surface area contributed by atoms with Crippen molar-refractivity contribution in [3.63, 3.8) is 0 Å². The lowest BCUT2D eigenvalue weighted by atomic mass is 10.1.